The first-order valence-electron chi connectivity index (χ1n) is 6.21. The van der Waals surface area contributed by atoms with Gasteiger partial charge >= 0.3 is 0 Å². The van der Waals surface area contributed by atoms with Gasteiger partial charge in [0, 0.05) is 12.8 Å². The van der Waals surface area contributed by atoms with Gasteiger partial charge in [0.2, 0.25) is 0 Å². The fourth-order valence-electron chi connectivity index (χ4n) is 1.56. The normalized spacial score (nSPS) is 8.67. The molecule has 15 heavy (non-hydrogen) atoms. The molecule has 0 aromatic rings. The molecule has 0 saturated heterocycles. The predicted molar refractivity (Wildman–Crippen MR) is 68.5 cm³/mol. The molecule has 0 unspecified atom stereocenters. The zero-order valence-electron chi connectivity index (χ0n) is 10.4. The third kappa shape index (κ3) is 13.1. The van der Waals surface area contributed by atoms with Crippen LogP contribution in [0, 0.1) is 23.7 Å². The van der Waals surface area contributed by atoms with E-state index in [9.17, 15) is 0 Å². The zero-order chi connectivity index (χ0) is 11.2. The monoisotopic (exact) mass is 204 g/mol. The Balaban J connectivity index is 2.96. The number of hydrogen-bond donors (Lipinski definition) is 0. The van der Waals surface area contributed by atoms with Gasteiger partial charge < -0.3 is 0 Å². The zero-order valence-corrected chi connectivity index (χ0v) is 10.4. The van der Waals surface area contributed by atoms with Gasteiger partial charge in [-0.1, -0.05) is 32.1 Å². The van der Waals surface area contributed by atoms with Gasteiger partial charge in [0.25, 0.3) is 0 Å². The van der Waals surface area contributed by atoms with Gasteiger partial charge in [-0.2, -0.15) is 0 Å². The van der Waals surface area contributed by atoms with E-state index in [2.05, 4.69) is 23.7 Å². The van der Waals surface area contributed by atoms with Gasteiger partial charge in [-0.15, -0.1) is 23.7 Å². The van der Waals surface area contributed by atoms with Crippen LogP contribution in [0.3, 0.4) is 0 Å². The Morgan fingerprint density at radius 2 is 0.867 bits per heavy atom. The average Bonchev–Trinajstić information content (AvgIpc) is 2.26. The molecule has 0 nitrogen and oxygen atoms in total. The standard InChI is InChI=1S/C15H24/c1-3-5-7-9-11-13-15-14-12-10-8-6-4-2/h7-15H2,1-2H3. The molecule has 0 aromatic carbocycles. The van der Waals surface area contributed by atoms with Crippen LogP contribution in [0.4, 0.5) is 0 Å². The van der Waals surface area contributed by atoms with Crippen LogP contribution < -0.4 is 0 Å². The second kappa shape index (κ2) is 13.1. The molecule has 0 bridgehead atoms. The van der Waals surface area contributed by atoms with Gasteiger partial charge in [0.15, 0.2) is 0 Å². The van der Waals surface area contributed by atoms with Crippen molar-refractivity contribution in [2.24, 2.45) is 0 Å². The van der Waals surface area contributed by atoms with Crippen molar-refractivity contribution < 1.29 is 0 Å². The topological polar surface area (TPSA) is 0 Å². The van der Waals surface area contributed by atoms with Gasteiger partial charge in [0.05, 0.1) is 0 Å². The van der Waals surface area contributed by atoms with Crippen molar-refractivity contribution in [3.63, 3.8) is 0 Å². The average molecular weight is 204 g/mol. The Morgan fingerprint density at radius 1 is 0.533 bits per heavy atom. The highest BCUT2D eigenvalue weighted by molar-refractivity contribution is 4.94. The fourth-order valence-corrected chi connectivity index (χ4v) is 1.56. The van der Waals surface area contributed by atoms with E-state index in [0.29, 0.717) is 0 Å². The maximum absolute atomic E-state index is 3.11. The van der Waals surface area contributed by atoms with Crippen molar-refractivity contribution >= 4 is 0 Å². The molecule has 0 radical (unpaired) electrons. The Hall–Kier alpha value is -0.880. The maximum Gasteiger partial charge on any atom is 0.00885 e. The lowest BCUT2D eigenvalue weighted by molar-refractivity contribution is 0.587. The van der Waals surface area contributed by atoms with E-state index >= 15 is 0 Å². The van der Waals surface area contributed by atoms with Crippen molar-refractivity contribution in [1.29, 1.82) is 0 Å². The smallest absolute Gasteiger partial charge is 0.00885 e. The minimum atomic E-state index is 1.09. The van der Waals surface area contributed by atoms with E-state index < -0.39 is 0 Å². The predicted octanol–water partition coefficient (Wildman–Crippen LogP) is 4.54. The largest absolute Gasteiger partial charge is 0.107 e. The van der Waals surface area contributed by atoms with Crippen LogP contribution in [0.5, 0.6) is 0 Å². The minimum Gasteiger partial charge on any atom is -0.107 e. The summed E-state index contributed by atoms with van der Waals surface area (Å²) in [5.41, 5.74) is 0. The maximum atomic E-state index is 3.11. The van der Waals surface area contributed by atoms with Crippen molar-refractivity contribution in [3.8, 4) is 23.7 Å². The Bertz CT molecular complexity index is 202. The molecule has 0 spiro atoms. The van der Waals surface area contributed by atoms with Crippen LogP contribution in [0.1, 0.15) is 71.6 Å². The quantitative estimate of drug-likeness (QED) is 0.402. The lowest BCUT2D eigenvalue weighted by atomic mass is 10.1. The molecule has 0 saturated carbocycles. The highest BCUT2D eigenvalue weighted by atomic mass is 14.0. The molecule has 0 rings (SSSR count). The Morgan fingerprint density at radius 3 is 1.20 bits per heavy atom. The molecule has 84 valence electrons. The number of rotatable bonds is 8. The molecule has 0 aliphatic carbocycles. The molecule has 0 aliphatic heterocycles. The van der Waals surface area contributed by atoms with Crippen LogP contribution in [-0.4, -0.2) is 0 Å². The first kappa shape index (κ1) is 14.1. The second-order valence-corrected chi connectivity index (χ2v) is 3.83. The van der Waals surface area contributed by atoms with E-state index in [4.69, 9.17) is 0 Å². The Labute approximate surface area is 95.8 Å². The summed E-state index contributed by atoms with van der Waals surface area (Å²) in [5, 5.41) is 0. The Kier molecular flexibility index (Phi) is 12.4. The summed E-state index contributed by atoms with van der Waals surface area (Å²) in [7, 11) is 0. The minimum absolute atomic E-state index is 1.09. The number of unbranched alkanes of at least 4 members (excludes halogenated alkanes) is 8. The van der Waals surface area contributed by atoms with E-state index in [0.717, 1.165) is 12.8 Å². The third-order valence-corrected chi connectivity index (χ3v) is 2.46. The molecule has 0 atom stereocenters. The molecule has 0 heteroatoms. The fraction of sp³-hybridized carbons (Fsp3) is 0.733. The molecular weight excluding hydrogens is 180 g/mol. The lowest BCUT2D eigenvalue weighted by Gasteiger charge is -1.98. The van der Waals surface area contributed by atoms with Gasteiger partial charge in [-0.3, -0.25) is 0 Å². The molecule has 0 aliphatic rings. The summed E-state index contributed by atoms with van der Waals surface area (Å²) >= 11 is 0. The third-order valence-electron chi connectivity index (χ3n) is 2.46. The summed E-state index contributed by atoms with van der Waals surface area (Å²) in [5.74, 6) is 12.1. The molecule has 0 heterocycles. The molecular formula is C15H24. The van der Waals surface area contributed by atoms with Gasteiger partial charge in [-0.25, -0.2) is 0 Å². The van der Waals surface area contributed by atoms with E-state index in [1.807, 2.05) is 13.8 Å². The van der Waals surface area contributed by atoms with E-state index in [-0.39, 0.29) is 0 Å². The van der Waals surface area contributed by atoms with Crippen LogP contribution in [0.15, 0.2) is 0 Å². The number of hydrogen-bond acceptors (Lipinski definition) is 0. The van der Waals surface area contributed by atoms with E-state index in [1.165, 1.54) is 44.9 Å². The highest BCUT2D eigenvalue weighted by Gasteiger charge is 1.90. The van der Waals surface area contributed by atoms with Gasteiger partial charge in [-0.05, 0) is 26.7 Å². The van der Waals surface area contributed by atoms with Crippen molar-refractivity contribution in [2.75, 3.05) is 0 Å². The summed E-state index contributed by atoms with van der Waals surface area (Å²) in [6, 6.07) is 0. The van der Waals surface area contributed by atoms with Crippen LogP contribution in [0.25, 0.3) is 0 Å². The van der Waals surface area contributed by atoms with Crippen LogP contribution in [-0.2, 0) is 0 Å². The van der Waals surface area contributed by atoms with E-state index in [1.54, 1.807) is 0 Å². The van der Waals surface area contributed by atoms with Crippen molar-refractivity contribution in [1.82, 2.24) is 0 Å². The molecule has 0 aromatic heterocycles. The SMILES string of the molecule is CC#CCCCCCCCCCC#CC. The molecule has 0 amide bonds. The molecule has 0 fully saturated rings. The summed E-state index contributed by atoms with van der Waals surface area (Å²) < 4.78 is 0. The highest BCUT2D eigenvalue weighted by Crippen LogP contribution is 2.09. The summed E-state index contributed by atoms with van der Waals surface area (Å²) in [4.78, 5) is 0. The lowest BCUT2D eigenvalue weighted by Crippen LogP contribution is -1.80. The summed E-state index contributed by atoms with van der Waals surface area (Å²) in [6.45, 7) is 3.83. The molecule has 0 N–H and O–H groups in total. The summed E-state index contributed by atoms with van der Waals surface area (Å²) in [6.07, 6.45) is 11.6. The second-order valence-electron chi connectivity index (χ2n) is 3.83. The van der Waals surface area contributed by atoms with Crippen molar-refractivity contribution in [2.45, 2.75) is 71.6 Å². The van der Waals surface area contributed by atoms with Gasteiger partial charge in [0.1, 0.15) is 0 Å². The first-order chi connectivity index (χ1) is 7.41. The van der Waals surface area contributed by atoms with Crippen molar-refractivity contribution in [3.05, 3.63) is 0 Å². The van der Waals surface area contributed by atoms with Crippen LogP contribution >= 0.6 is 0 Å². The van der Waals surface area contributed by atoms with Crippen LogP contribution in [0.2, 0.25) is 0 Å². The first-order valence-corrected chi connectivity index (χ1v) is 6.21.